The molecule has 4 nitrogen and oxygen atoms in total. The number of ether oxygens (including phenoxy) is 1. The zero-order valence-corrected chi connectivity index (χ0v) is 17.4. The molecule has 0 unspecified atom stereocenters. The molecule has 0 aliphatic carbocycles. The van der Waals surface area contributed by atoms with Gasteiger partial charge >= 0.3 is 0 Å². The summed E-state index contributed by atoms with van der Waals surface area (Å²) in [5.74, 6) is 1.42. The number of hydrogen-bond acceptors (Lipinski definition) is 4. The van der Waals surface area contributed by atoms with Crippen molar-refractivity contribution in [3.05, 3.63) is 102 Å². The Morgan fingerprint density at radius 2 is 1.65 bits per heavy atom. The van der Waals surface area contributed by atoms with E-state index in [1.807, 2.05) is 72.8 Å². The van der Waals surface area contributed by atoms with Crippen LogP contribution in [0.3, 0.4) is 0 Å². The zero-order valence-electron chi connectivity index (χ0n) is 17.4. The summed E-state index contributed by atoms with van der Waals surface area (Å²) >= 11 is 0. The molecule has 0 saturated heterocycles. The summed E-state index contributed by atoms with van der Waals surface area (Å²) in [6, 6.07) is 29.8. The molecule has 0 radical (unpaired) electrons. The van der Waals surface area contributed by atoms with Gasteiger partial charge < -0.3 is 21.2 Å². The third kappa shape index (κ3) is 4.75. The second-order valence-electron chi connectivity index (χ2n) is 7.28. The molecule has 0 aromatic heterocycles. The summed E-state index contributed by atoms with van der Waals surface area (Å²) in [5.41, 5.74) is 12.7. The molecule has 0 bridgehead atoms. The van der Waals surface area contributed by atoms with Gasteiger partial charge in [0.25, 0.3) is 0 Å². The minimum Gasteiger partial charge on any atom is -0.457 e. The Morgan fingerprint density at radius 1 is 0.839 bits per heavy atom. The number of anilines is 3. The van der Waals surface area contributed by atoms with Gasteiger partial charge in [0, 0.05) is 41.0 Å². The standard InChI is InChI=1S/C27H25N3O/c1-2-19-11-13-25(17-26(19)29)31-24-10-6-9-23(16-24)30-27-14-12-21(15-22(27)18-28)20-7-4-3-5-8-20/h3-18,28,30H,2,29H2,1H3. The average molecular weight is 408 g/mol. The highest BCUT2D eigenvalue weighted by atomic mass is 16.5. The lowest BCUT2D eigenvalue weighted by molar-refractivity contribution is 0.483. The van der Waals surface area contributed by atoms with E-state index in [9.17, 15) is 0 Å². The van der Waals surface area contributed by atoms with Crippen LogP contribution in [0.5, 0.6) is 11.5 Å². The molecule has 4 N–H and O–H groups in total. The first-order chi connectivity index (χ1) is 15.2. The fourth-order valence-electron chi connectivity index (χ4n) is 3.49. The predicted octanol–water partition coefficient (Wildman–Crippen LogP) is 7.03. The minimum absolute atomic E-state index is 0.708. The third-order valence-electron chi connectivity index (χ3n) is 5.16. The summed E-state index contributed by atoms with van der Waals surface area (Å²) in [6.07, 6.45) is 2.26. The van der Waals surface area contributed by atoms with Crippen LogP contribution in [-0.4, -0.2) is 6.21 Å². The average Bonchev–Trinajstić information content (AvgIpc) is 2.80. The van der Waals surface area contributed by atoms with Gasteiger partial charge in [0.05, 0.1) is 0 Å². The Morgan fingerprint density at radius 3 is 2.39 bits per heavy atom. The largest absolute Gasteiger partial charge is 0.457 e. The molecule has 0 atom stereocenters. The topological polar surface area (TPSA) is 71.1 Å². The second-order valence-corrected chi connectivity index (χ2v) is 7.28. The van der Waals surface area contributed by atoms with Crippen molar-refractivity contribution in [3.63, 3.8) is 0 Å². The SMILES string of the molecule is CCc1ccc(Oc2cccc(Nc3ccc(-c4ccccc4)cc3C=N)c2)cc1N. The maximum atomic E-state index is 7.85. The number of benzene rings is 4. The van der Waals surface area contributed by atoms with E-state index in [0.29, 0.717) is 11.5 Å². The molecule has 4 aromatic carbocycles. The van der Waals surface area contributed by atoms with Gasteiger partial charge in [-0.3, -0.25) is 0 Å². The Balaban J connectivity index is 1.55. The van der Waals surface area contributed by atoms with Crippen LogP contribution < -0.4 is 15.8 Å². The van der Waals surface area contributed by atoms with Crippen LogP contribution in [0.15, 0.2) is 91.0 Å². The molecule has 4 rings (SSSR count). The highest BCUT2D eigenvalue weighted by molar-refractivity contribution is 5.90. The molecule has 0 saturated carbocycles. The molecule has 0 amide bonds. The van der Waals surface area contributed by atoms with Crippen LogP contribution >= 0.6 is 0 Å². The molecule has 0 aliphatic rings. The number of nitrogen functional groups attached to an aromatic ring is 1. The van der Waals surface area contributed by atoms with E-state index < -0.39 is 0 Å². The van der Waals surface area contributed by atoms with Crippen molar-refractivity contribution in [2.75, 3.05) is 11.1 Å². The molecule has 0 aliphatic heterocycles. The van der Waals surface area contributed by atoms with E-state index in [0.717, 1.165) is 45.7 Å². The summed E-state index contributed by atoms with van der Waals surface area (Å²) in [5, 5.41) is 11.3. The van der Waals surface area contributed by atoms with E-state index in [1.54, 1.807) is 0 Å². The van der Waals surface area contributed by atoms with Gasteiger partial charge in [-0.1, -0.05) is 55.5 Å². The first-order valence-electron chi connectivity index (χ1n) is 10.3. The summed E-state index contributed by atoms with van der Waals surface area (Å²) in [4.78, 5) is 0. The molecular formula is C27H25N3O. The van der Waals surface area contributed by atoms with Crippen LogP contribution in [0, 0.1) is 5.41 Å². The van der Waals surface area contributed by atoms with Gasteiger partial charge in [-0.2, -0.15) is 0 Å². The number of rotatable bonds is 7. The van der Waals surface area contributed by atoms with Gasteiger partial charge in [0.1, 0.15) is 11.5 Å². The zero-order chi connectivity index (χ0) is 21.6. The van der Waals surface area contributed by atoms with Crippen molar-refractivity contribution < 1.29 is 4.74 Å². The Hall–Kier alpha value is -4.05. The number of nitrogens with two attached hydrogens (primary N) is 1. The van der Waals surface area contributed by atoms with Crippen molar-refractivity contribution in [1.29, 1.82) is 5.41 Å². The summed E-state index contributed by atoms with van der Waals surface area (Å²) in [7, 11) is 0. The maximum absolute atomic E-state index is 7.85. The van der Waals surface area contributed by atoms with Crippen molar-refractivity contribution in [3.8, 4) is 22.6 Å². The normalized spacial score (nSPS) is 10.5. The van der Waals surface area contributed by atoms with Crippen LogP contribution in [0.4, 0.5) is 17.1 Å². The molecule has 31 heavy (non-hydrogen) atoms. The van der Waals surface area contributed by atoms with Gasteiger partial charge in [-0.15, -0.1) is 0 Å². The van der Waals surface area contributed by atoms with Crippen LogP contribution in [-0.2, 0) is 6.42 Å². The third-order valence-corrected chi connectivity index (χ3v) is 5.16. The lowest BCUT2D eigenvalue weighted by Crippen LogP contribution is -1.97. The molecule has 154 valence electrons. The first-order valence-corrected chi connectivity index (χ1v) is 10.3. The van der Waals surface area contributed by atoms with Crippen LogP contribution in [0.1, 0.15) is 18.1 Å². The maximum Gasteiger partial charge on any atom is 0.129 e. The Kier molecular flexibility index (Phi) is 5.99. The first kappa shape index (κ1) is 20.2. The minimum atomic E-state index is 0.708. The molecule has 0 spiro atoms. The van der Waals surface area contributed by atoms with Crippen molar-refractivity contribution in [2.24, 2.45) is 0 Å². The van der Waals surface area contributed by atoms with Gasteiger partial charge in [-0.05, 0) is 53.4 Å². The molecular weight excluding hydrogens is 382 g/mol. The molecule has 0 fully saturated rings. The van der Waals surface area contributed by atoms with E-state index >= 15 is 0 Å². The summed E-state index contributed by atoms with van der Waals surface area (Å²) in [6.45, 7) is 2.08. The van der Waals surface area contributed by atoms with E-state index in [2.05, 4.69) is 30.4 Å². The van der Waals surface area contributed by atoms with Crippen LogP contribution in [0.2, 0.25) is 0 Å². The van der Waals surface area contributed by atoms with E-state index in [-0.39, 0.29) is 0 Å². The Labute approximate surface area is 182 Å². The lowest BCUT2D eigenvalue weighted by Gasteiger charge is -2.13. The highest BCUT2D eigenvalue weighted by Gasteiger charge is 2.07. The smallest absolute Gasteiger partial charge is 0.129 e. The lowest BCUT2D eigenvalue weighted by atomic mass is 10.0. The van der Waals surface area contributed by atoms with Crippen molar-refractivity contribution in [1.82, 2.24) is 0 Å². The van der Waals surface area contributed by atoms with Gasteiger partial charge in [-0.25, -0.2) is 0 Å². The van der Waals surface area contributed by atoms with Crippen molar-refractivity contribution >= 4 is 23.3 Å². The highest BCUT2D eigenvalue weighted by Crippen LogP contribution is 2.30. The molecule has 0 heterocycles. The monoisotopic (exact) mass is 407 g/mol. The summed E-state index contributed by atoms with van der Waals surface area (Å²) < 4.78 is 6.01. The molecule has 4 aromatic rings. The fourth-order valence-corrected chi connectivity index (χ4v) is 3.49. The van der Waals surface area contributed by atoms with Gasteiger partial charge in [0.2, 0.25) is 0 Å². The molecule has 4 heteroatoms. The second kappa shape index (κ2) is 9.18. The number of aryl methyl sites for hydroxylation is 1. The van der Waals surface area contributed by atoms with Crippen molar-refractivity contribution in [2.45, 2.75) is 13.3 Å². The van der Waals surface area contributed by atoms with E-state index in [1.165, 1.54) is 6.21 Å². The van der Waals surface area contributed by atoms with Crippen LogP contribution in [0.25, 0.3) is 11.1 Å². The fraction of sp³-hybridized carbons (Fsp3) is 0.0741. The quantitative estimate of drug-likeness (QED) is 0.227. The Bertz CT molecular complexity index is 1200. The number of nitrogens with one attached hydrogen (secondary N) is 2. The number of hydrogen-bond donors (Lipinski definition) is 3. The van der Waals surface area contributed by atoms with Gasteiger partial charge in [0.15, 0.2) is 0 Å². The predicted molar refractivity (Wildman–Crippen MR) is 130 cm³/mol. The van der Waals surface area contributed by atoms with E-state index in [4.69, 9.17) is 15.9 Å².